The van der Waals surface area contributed by atoms with Gasteiger partial charge in [0.05, 0.1) is 12.9 Å². The highest BCUT2D eigenvalue weighted by Gasteiger charge is 2.44. The van der Waals surface area contributed by atoms with E-state index in [-0.39, 0.29) is 0 Å². The van der Waals surface area contributed by atoms with Crippen molar-refractivity contribution in [1.82, 2.24) is 29.1 Å². The van der Waals surface area contributed by atoms with Crippen LogP contribution in [-0.4, -0.2) is 69.4 Å². The highest BCUT2D eigenvalue weighted by Crippen LogP contribution is 2.32. The zero-order valence-electron chi connectivity index (χ0n) is 18.4. The summed E-state index contributed by atoms with van der Waals surface area (Å²) >= 11 is 0. The SMILES string of the molecule is OC[C@H]1O[C@@H](n2cnc3c2ncn2c(-c4cccc(OCc5ccccc5)c4)nnc32)[C@H](O)[C@@H]1O. The van der Waals surface area contributed by atoms with Gasteiger partial charge in [0, 0.05) is 5.56 Å². The Hall–Kier alpha value is -3.90. The first-order valence-electron chi connectivity index (χ1n) is 11.1. The third kappa shape index (κ3) is 3.70. The minimum atomic E-state index is -1.24. The van der Waals surface area contributed by atoms with Gasteiger partial charge < -0.3 is 24.8 Å². The molecule has 5 aromatic rings. The molecule has 2 aromatic carbocycles. The Bertz CT molecular complexity index is 1490. The van der Waals surface area contributed by atoms with Gasteiger partial charge in [-0.05, 0) is 17.7 Å². The fourth-order valence-corrected chi connectivity index (χ4v) is 4.27. The van der Waals surface area contributed by atoms with Crippen molar-refractivity contribution in [2.45, 2.75) is 31.1 Å². The lowest BCUT2D eigenvalue weighted by Crippen LogP contribution is -2.33. The van der Waals surface area contributed by atoms with Crippen LogP contribution < -0.4 is 4.74 Å². The van der Waals surface area contributed by atoms with Crippen molar-refractivity contribution in [2.75, 3.05) is 6.61 Å². The lowest BCUT2D eigenvalue weighted by molar-refractivity contribution is -0.0511. The summed E-state index contributed by atoms with van der Waals surface area (Å²) in [6, 6.07) is 17.5. The van der Waals surface area contributed by atoms with Crippen LogP contribution in [0.15, 0.2) is 67.3 Å². The van der Waals surface area contributed by atoms with Gasteiger partial charge in [-0.15, -0.1) is 10.2 Å². The number of hydrogen-bond acceptors (Lipinski definition) is 9. The maximum Gasteiger partial charge on any atom is 0.192 e. The smallest absolute Gasteiger partial charge is 0.192 e. The Balaban J connectivity index is 1.32. The van der Waals surface area contributed by atoms with E-state index in [1.807, 2.05) is 54.6 Å². The number of benzene rings is 2. The Morgan fingerprint density at radius 3 is 2.57 bits per heavy atom. The fourth-order valence-electron chi connectivity index (χ4n) is 4.27. The first-order valence-corrected chi connectivity index (χ1v) is 11.1. The predicted octanol–water partition coefficient (Wildman–Crippen LogP) is 1.33. The van der Waals surface area contributed by atoms with Crippen LogP contribution in [0.4, 0.5) is 0 Å². The van der Waals surface area contributed by atoms with Crippen molar-refractivity contribution in [3.05, 3.63) is 72.8 Å². The second-order valence-corrected chi connectivity index (χ2v) is 8.32. The predicted molar refractivity (Wildman–Crippen MR) is 123 cm³/mol. The summed E-state index contributed by atoms with van der Waals surface area (Å²) in [7, 11) is 0. The van der Waals surface area contributed by atoms with Gasteiger partial charge in [-0.1, -0.05) is 42.5 Å². The maximum atomic E-state index is 10.4. The Morgan fingerprint density at radius 1 is 0.914 bits per heavy atom. The van der Waals surface area contributed by atoms with E-state index in [1.165, 1.54) is 10.9 Å². The van der Waals surface area contributed by atoms with Gasteiger partial charge in [-0.25, -0.2) is 9.97 Å². The van der Waals surface area contributed by atoms with Gasteiger partial charge in [0.2, 0.25) is 0 Å². The molecule has 0 saturated carbocycles. The van der Waals surface area contributed by atoms with E-state index in [0.717, 1.165) is 11.1 Å². The third-order valence-corrected chi connectivity index (χ3v) is 6.10. The quantitative estimate of drug-likeness (QED) is 0.332. The minimum Gasteiger partial charge on any atom is -0.489 e. The number of fused-ring (bicyclic) bond motifs is 3. The van der Waals surface area contributed by atoms with E-state index in [4.69, 9.17) is 9.47 Å². The van der Waals surface area contributed by atoms with Crippen LogP contribution in [0, 0.1) is 0 Å². The molecule has 35 heavy (non-hydrogen) atoms. The second kappa shape index (κ2) is 8.71. The largest absolute Gasteiger partial charge is 0.489 e. The van der Waals surface area contributed by atoms with Crippen LogP contribution in [0.5, 0.6) is 5.75 Å². The molecular formula is C24H22N6O5. The van der Waals surface area contributed by atoms with Crippen molar-refractivity contribution in [1.29, 1.82) is 0 Å². The molecule has 178 valence electrons. The topological polar surface area (TPSA) is 140 Å². The van der Waals surface area contributed by atoms with Crippen LogP contribution >= 0.6 is 0 Å². The first kappa shape index (κ1) is 21.6. The summed E-state index contributed by atoms with van der Waals surface area (Å²) in [5.41, 5.74) is 3.21. The lowest BCUT2D eigenvalue weighted by Gasteiger charge is -2.16. The van der Waals surface area contributed by atoms with E-state index in [0.29, 0.717) is 35.0 Å². The summed E-state index contributed by atoms with van der Waals surface area (Å²) in [5.74, 6) is 1.27. The van der Waals surface area contributed by atoms with E-state index < -0.39 is 31.1 Å². The molecule has 11 nitrogen and oxygen atoms in total. The Labute approximate surface area is 198 Å². The number of hydrogen-bond donors (Lipinski definition) is 3. The van der Waals surface area contributed by atoms with E-state index in [2.05, 4.69) is 20.2 Å². The van der Waals surface area contributed by atoms with Crippen LogP contribution in [-0.2, 0) is 11.3 Å². The molecule has 4 heterocycles. The van der Waals surface area contributed by atoms with Crippen molar-refractivity contribution >= 4 is 16.8 Å². The molecule has 3 aromatic heterocycles. The van der Waals surface area contributed by atoms with E-state index in [1.54, 1.807) is 10.7 Å². The molecule has 0 bridgehead atoms. The Morgan fingerprint density at radius 2 is 1.77 bits per heavy atom. The maximum absolute atomic E-state index is 10.4. The standard InChI is InChI=1S/C24H22N6O5/c31-10-17-19(32)20(33)24(35-17)30-12-25-18-22(30)26-13-29-21(27-28-23(18)29)15-7-4-8-16(9-15)34-11-14-5-2-1-3-6-14/h1-9,12-13,17,19-20,24,31-33H,10-11H2/t17-,19-,20-,24-/m1/s1. The van der Waals surface area contributed by atoms with Gasteiger partial charge in [0.25, 0.3) is 0 Å². The Kier molecular flexibility index (Phi) is 5.38. The van der Waals surface area contributed by atoms with Crippen molar-refractivity contribution in [2.24, 2.45) is 0 Å². The summed E-state index contributed by atoms with van der Waals surface area (Å²) < 4.78 is 14.8. The molecule has 4 atom stereocenters. The highest BCUT2D eigenvalue weighted by atomic mass is 16.6. The molecule has 1 aliphatic heterocycles. The summed E-state index contributed by atoms with van der Waals surface area (Å²) in [4.78, 5) is 8.90. The van der Waals surface area contributed by atoms with Gasteiger partial charge in [-0.3, -0.25) is 8.97 Å². The zero-order valence-corrected chi connectivity index (χ0v) is 18.4. The minimum absolute atomic E-state index is 0.409. The van der Waals surface area contributed by atoms with Crippen molar-refractivity contribution in [3.8, 4) is 17.1 Å². The number of aromatic nitrogens is 6. The van der Waals surface area contributed by atoms with Gasteiger partial charge >= 0.3 is 0 Å². The van der Waals surface area contributed by atoms with Gasteiger partial charge in [0.1, 0.15) is 37.0 Å². The summed E-state index contributed by atoms with van der Waals surface area (Å²) in [6.45, 7) is 0.0338. The molecule has 1 saturated heterocycles. The molecule has 11 heteroatoms. The highest BCUT2D eigenvalue weighted by molar-refractivity contribution is 5.86. The molecule has 0 spiro atoms. The fraction of sp³-hybridized carbons (Fsp3) is 0.250. The van der Waals surface area contributed by atoms with Crippen LogP contribution in [0.25, 0.3) is 28.2 Å². The molecule has 0 unspecified atom stereocenters. The van der Waals surface area contributed by atoms with Crippen molar-refractivity contribution < 1.29 is 24.8 Å². The summed E-state index contributed by atoms with van der Waals surface area (Å²) in [5, 5.41) is 38.5. The van der Waals surface area contributed by atoms with Gasteiger partial charge in [0.15, 0.2) is 28.9 Å². The van der Waals surface area contributed by atoms with Crippen LogP contribution in [0.3, 0.4) is 0 Å². The van der Waals surface area contributed by atoms with Crippen molar-refractivity contribution in [3.63, 3.8) is 0 Å². The number of imidazole rings is 1. The lowest BCUT2D eigenvalue weighted by atomic mass is 10.1. The molecule has 1 fully saturated rings. The third-order valence-electron chi connectivity index (χ3n) is 6.10. The normalized spacial score (nSPS) is 22.3. The molecule has 1 aliphatic rings. The number of aliphatic hydroxyl groups is 3. The van der Waals surface area contributed by atoms with Crippen LogP contribution in [0.1, 0.15) is 11.8 Å². The number of ether oxygens (including phenoxy) is 2. The molecule has 3 N–H and O–H groups in total. The number of aliphatic hydroxyl groups excluding tert-OH is 3. The first-order chi connectivity index (χ1) is 17.1. The van der Waals surface area contributed by atoms with E-state index >= 15 is 0 Å². The molecular weight excluding hydrogens is 452 g/mol. The number of rotatable bonds is 6. The molecule has 0 aliphatic carbocycles. The van der Waals surface area contributed by atoms with Gasteiger partial charge in [-0.2, -0.15) is 0 Å². The average Bonchev–Trinajstić information content (AvgIpc) is 3.59. The summed E-state index contributed by atoms with van der Waals surface area (Å²) in [6.07, 6.45) is -1.26. The van der Waals surface area contributed by atoms with E-state index in [9.17, 15) is 15.3 Å². The molecule has 0 amide bonds. The number of nitrogens with zero attached hydrogens (tertiary/aromatic N) is 6. The monoisotopic (exact) mass is 474 g/mol. The average molecular weight is 474 g/mol. The zero-order chi connectivity index (χ0) is 23.9. The molecule has 0 radical (unpaired) electrons. The van der Waals surface area contributed by atoms with Crippen LogP contribution in [0.2, 0.25) is 0 Å². The molecule has 6 rings (SSSR count). The second-order valence-electron chi connectivity index (χ2n) is 8.32.